The fourth-order valence-corrected chi connectivity index (χ4v) is 1.87. The number of benzene rings is 1. The van der Waals surface area contributed by atoms with E-state index in [2.05, 4.69) is 60.2 Å². The summed E-state index contributed by atoms with van der Waals surface area (Å²) in [5.41, 5.74) is 2.57. The molecule has 3 heteroatoms. The van der Waals surface area contributed by atoms with Gasteiger partial charge >= 0.3 is 0 Å². The monoisotopic (exact) mass is 299 g/mol. The molecule has 0 aliphatic heterocycles. The molecule has 0 atom stereocenters. The fourth-order valence-electron chi connectivity index (χ4n) is 1.44. The Balaban J connectivity index is 2.16. The van der Waals surface area contributed by atoms with Gasteiger partial charge in [-0.1, -0.05) is 41.9 Å². The smallest absolute Gasteiger partial charge is 0.0591 e. The highest BCUT2D eigenvalue weighted by atomic mass is 79.9. The molecule has 1 aromatic rings. The van der Waals surface area contributed by atoms with Crippen molar-refractivity contribution >= 4 is 15.9 Å². The van der Waals surface area contributed by atoms with E-state index in [1.165, 1.54) is 15.6 Å². The van der Waals surface area contributed by atoms with Crippen LogP contribution in [0.15, 0.2) is 22.7 Å². The molecule has 0 spiro atoms. The Labute approximate surface area is 113 Å². The van der Waals surface area contributed by atoms with Gasteiger partial charge in [0, 0.05) is 24.2 Å². The van der Waals surface area contributed by atoms with Crippen LogP contribution >= 0.6 is 15.9 Å². The van der Waals surface area contributed by atoms with E-state index in [1.807, 2.05) is 0 Å². The lowest BCUT2D eigenvalue weighted by atomic mass is 10.1. The van der Waals surface area contributed by atoms with Gasteiger partial charge in [0.05, 0.1) is 6.61 Å². The first-order valence-corrected chi connectivity index (χ1v) is 6.92. The van der Waals surface area contributed by atoms with Crippen LogP contribution in [0, 0.1) is 12.8 Å². The highest BCUT2D eigenvalue weighted by Crippen LogP contribution is 2.17. The maximum Gasteiger partial charge on any atom is 0.0591 e. The maximum atomic E-state index is 5.50. The van der Waals surface area contributed by atoms with Gasteiger partial charge in [0.25, 0.3) is 0 Å². The third-order valence-corrected chi connectivity index (χ3v) is 3.29. The molecule has 1 aromatic carbocycles. The largest absolute Gasteiger partial charge is 0.380 e. The molecule has 0 heterocycles. The van der Waals surface area contributed by atoms with Crippen molar-refractivity contribution in [1.82, 2.24) is 5.32 Å². The summed E-state index contributed by atoms with van der Waals surface area (Å²) in [5, 5.41) is 3.38. The molecule has 0 bridgehead atoms. The van der Waals surface area contributed by atoms with E-state index in [4.69, 9.17) is 4.74 Å². The van der Waals surface area contributed by atoms with Crippen LogP contribution in [0.5, 0.6) is 0 Å². The summed E-state index contributed by atoms with van der Waals surface area (Å²) in [4.78, 5) is 0. The predicted octanol–water partition coefficient (Wildman–Crippen LogP) is 3.52. The zero-order valence-corrected chi connectivity index (χ0v) is 12.5. The van der Waals surface area contributed by atoms with Crippen molar-refractivity contribution in [2.45, 2.75) is 27.3 Å². The zero-order valence-electron chi connectivity index (χ0n) is 10.9. The van der Waals surface area contributed by atoms with Crippen molar-refractivity contribution in [3.63, 3.8) is 0 Å². The first kappa shape index (κ1) is 14.7. The average Bonchev–Trinajstić information content (AvgIpc) is 2.27. The molecule has 0 aliphatic rings. The highest BCUT2D eigenvalue weighted by Gasteiger charge is 1.97. The third-order valence-electron chi connectivity index (χ3n) is 2.44. The van der Waals surface area contributed by atoms with Gasteiger partial charge in [0.1, 0.15) is 0 Å². The first-order valence-electron chi connectivity index (χ1n) is 6.13. The van der Waals surface area contributed by atoms with E-state index in [1.54, 1.807) is 0 Å². The second-order valence-corrected chi connectivity index (χ2v) is 5.58. The molecule has 0 fully saturated rings. The molecule has 0 amide bonds. The van der Waals surface area contributed by atoms with Gasteiger partial charge in [-0.15, -0.1) is 0 Å². The summed E-state index contributed by atoms with van der Waals surface area (Å²) in [6.07, 6.45) is 0. The summed E-state index contributed by atoms with van der Waals surface area (Å²) in [6.45, 7) is 9.85. The van der Waals surface area contributed by atoms with Crippen molar-refractivity contribution < 1.29 is 4.74 Å². The molecule has 2 nitrogen and oxygen atoms in total. The fraction of sp³-hybridized carbons (Fsp3) is 0.571. The Morgan fingerprint density at radius 3 is 2.76 bits per heavy atom. The lowest BCUT2D eigenvalue weighted by Crippen LogP contribution is -2.20. The van der Waals surface area contributed by atoms with Crippen molar-refractivity contribution in [3.8, 4) is 0 Å². The van der Waals surface area contributed by atoms with Gasteiger partial charge < -0.3 is 10.1 Å². The van der Waals surface area contributed by atoms with Gasteiger partial charge in [-0.25, -0.2) is 0 Å². The maximum absolute atomic E-state index is 5.50. The second-order valence-electron chi connectivity index (χ2n) is 4.73. The molecule has 1 rings (SSSR count). The Kier molecular flexibility index (Phi) is 6.78. The number of hydrogen-bond acceptors (Lipinski definition) is 2. The molecule has 0 aliphatic carbocycles. The summed E-state index contributed by atoms with van der Waals surface area (Å²) in [6, 6.07) is 6.45. The molecular weight excluding hydrogens is 278 g/mol. The third kappa shape index (κ3) is 6.20. The topological polar surface area (TPSA) is 21.3 Å². The van der Waals surface area contributed by atoms with Crippen LogP contribution < -0.4 is 5.32 Å². The summed E-state index contributed by atoms with van der Waals surface area (Å²) >= 11 is 3.54. The van der Waals surface area contributed by atoms with E-state index in [0.29, 0.717) is 5.92 Å². The Morgan fingerprint density at radius 1 is 1.35 bits per heavy atom. The van der Waals surface area contributed by atoms with Crippen molar-refractivity contribution in [2.24, 2.45) is 5.92 Å². The van der Waals surface area contributed by atoms with Gasteiger partial charge in [-0.05, 0) is 30.0 Å². The standard InChI is InChI=1S/C14H22BrNO/c1-11(2)10-17-7-6-16-9-13-5-4-12(3)14(15)8-13/h4-5,8,11,16H,6-7,9-10H2,1-3H3. The minimum atomic E-state index is 0.614. The average molecular weight is 300 g/mol. The molecule has 0 aromatic heterocycles. The molecule has 0 saturated carbocycles. The van der Waals surface area contributed by atoms with E-state index in [0.717, 1.165) is 26.3 Å². The van der Waals surface area contributed by atoms with Gasteiger partial charge in [0.15, 0.2) is 0 Å². The summed E-state index contributed by atoms with van der Waals surface area (Å²) in [7, 11) is 0. The van der Waals surface area contributed by atoms with E-state index >= 15 is 0 Å². The van der Waals surface area contributed by atoms with Crippen LogP contribution in [0.25, 0.3) is 0 Å². The van der Waals surface area contributed by atoms with Gasteiger partial charge in [-0.3, -0.25) is 0 Å². The molecule has 17 heavy (non-hydrogen) atoms. The molecule has 96 valence electrons. The minimum absolute atomic E-state index is 0.614. The first-order chi connectivity index (χ1) is 8.09. The van der Waals surface area contributed by atoms with Crippen molar-refractivity contribution in [2.75, 3.05) is 19.8 Å². The highest BCUT2D eigenvalue weighted by molar-refractivity contribution is 9.10. The predicted molar refractivity (Wildman–Crippen MR) is 76.2 cm³/mol. The van der Waals surface area contributed by atoms with E-state index < -0.39 is 0 Å². The number of rotatable bonds is 7. The van der Waals surface area contributed by atoms with Crippen LogP contribution in [0.2, 0.25) is 0 Å². The minimum Gasteiger partial charge on any atom is -0.380 e. The van der Waals surface area contributed by atoms with Crippen LogP contribution in [0.1, 0.15) is 25.0 Å². The molecular formula is C14H22BrNO. The quantitative estimate of drug-likeness (QED) is 0.778. The van der Waals surface area contributed by atoms with E-state index in [9.17, 15) is 0 Å². The molecule has 0 radical (unpaired) electrons. The molecule has 0 saturated heterocycles. The Morgan fingerprint density at radius 2 is 2.12 bits per heavy atom. The van der Waals surface area contributed by atoms with Crippen molar-refractivity contribution in [3.05, 3.63) is 33.8 Å². The van der Waals surface area contributed by atoms with Gasteiger partial charge in [0.2, 0.25) is 0 Å². The van der Waals surface area contributed by atoms with Crippen molar-refractivity contribution in [1.29, 1.82) is 0 Å². The summed E-state index contributed by atoms with van der Waals surface area (Å²) in [5.74, 6) is 0.614. The zero-order chi connectivity index (χ0) is 12.7. The van der Waals surface area contributed by atoms with Gasteiger partial charge in [-0.2, -0.15) is 0 Å². The Bertz CT molecular complexity index is 339. The number of ether oxygens (including phenoxy) is 1. The number of nitrogens with one attached hydrogen (secondary N) is 1. The van der Waals surface area contributed by atoms with Crippen LogP contribution in [0.3, 0.4) is 0 Å². The lowest BCUT2D eigenvalue weighted by molar-refractivity contribution is 0.111. The normalized spacial score (nSPS) is 11.1. The number of halogens is 1. The summed E-state index contributed by atoms with van der Waals surface area (Å²) < 4.78 is 6.68. The number of hydrogen-bond donors (Lipinski definition) is 1. The molecule has 0 unspecified atom stereocenters. The van der Waals surface area contributed by atoms with Crippen LogP contribution in [0.4, 0.5) is 0 Å². The van der Waals surface area contributed by atoms with Crippen LogP contribution in [-0.4, -0.2) is 19.8 Å². The van der Waals surface area contributed by atoms with Crippen LogP contribution in [-0.2, 0) is 11.3 Å². The Hall–Kier alpha value is -0.380. The lowest BCUT2D eigenvalue weighted by Gasteiger charge is -2.08. The SMILES string of the molecule is Cc1ccc(CNCCOCC(C)C)cc1Br. The number of aryl methyl sites for hydroxylation is 1. The van der Waals surface area contributed by atoms with E-state index in [-0.39, 0.29) is 0 Å². The molecule has 1 N–H and O–H groups in total. The second kappa shape index (κ2) is 7.85.